The first-order valence-corrected chi connectivity index (χ1v) is 12.2. The summed E-state index contributed by atoms with van der Waals surface area (Å²) in [4.78, 5) is 18.0. The van der Waals surface area contributed by atoms with Gasteiger partial charge in [-0.15, -0.1) is 0 Å². The summed E-state index contributed by atoms with van der Waals surface area (Å²) < 4.78 is 5.43. The number of anilines is 5. The number of rotatable bonds is 9. The highest BCUT2D eigenvalue weighted by atomic mass is 35.5. The van der Waals surface area contributed by atoms with Crippen LogP contribution in [0.25, 0.3) is 0 Å². The van der Waals surface area contributed by atoms with Gasteiger partial charge in [0.15, 0.2) is 0 Å². The van der Waals surface area contributed by atoms with E-state index >= 15 is 0 Å². The van der Waals surface area contributed by atoms with Crippen LogP contribution in [0.15, 0.2) is 47.6 Å². The molecule has 1 saturated heterocycles. The highest BCUT2D eigenvalue weighted by Crippen LogP contribution is 2.23. The molecule has 35 heavy (non-hydrogen) atoms. The molecule has 0 spiro atoms. The molecular weight excluding hydrogens is 464 g/mol. The summed E-state index contributed by atoms with van der Waals surface area (Å²) in [6.07, 6.45) is 1.75. The minimum atomic E-state index is 0.351. The van der Waals surface area contributed by atoms with Gasteiger partial charge in [0.1, 0.15) is 0 Å². The van der Waals surface area contributed by atoms with Gasteiger partial charge in [-0.3, -0.25) is 0 Å². The monoisotopic (exact) mass is 494 g/mol. The van der Waals surface area contributed by atoms with Gasteiger partial charge in [0.25, 0.3) is 0 Å². The molecule has 1 fully saturated rings. The first-order valence-electron chi connectivity index (χ1n) is 11.8. The molecule has 1 aromatic heterocycles. The van der Waals surface area contributed by atoms with Crippen molar-refractivity contribution < 1.29 is 4.74 Å². The molecule has 0 unspecified atom stereocenters. The molecular formula is C25H31ClN8O. The molecule has 184 valence electrons. The molecule has 2 N–H and O–H groups in total. The Kier molecular flexibility index (Phi) is 8.33. The third-order valence-corrected chi connectivity index (χ3v) is 6.15. The van der Waals surface area contributed by atoms with E-state index in [1.807, 2.05) is 42.2 Å². The zero-order chi connectivity index (χ0) is 24.6. The van der Waals surface area contributed by atoms with Crippen LogP contribution in [-0.2, 0) is 4.74 Å². The van der Waals surface area contributed by atoms with Gasteiger partial charge in [0.2, 0.25) is 17.8 Å². The summed E-state index contributed by atoms with van der Waals surface area (Å²) in [5.74, 6) is 1.33. The van der Waals surface area contributed by atoms with Crippen molar-refractivity contribution in [3.05, 3.63) is 58.6 Å². The minimum Gasteiger partial charge on any atom is -0.378 e. The maximum atomic E-state index is 6.28. The molecule has 10 heteroatoms. The van der Waals surface area contributed by atoms with E-state index in [-0.39, 0.29) is 0 Å². The lowest BCUT2D eigenvalue weighted by Gasteiger charge is -2.28. The molecule has 0 bridgehead atoms. The summed E-state index contributed by atoms with van der Waals surface area (Å²) in [5, 5.41) is 8.25. The van der Waals surface area contributed by atoms with E-state index in [4.69, 9.17) is 16.3 Å². The Labute approximate surface area is 211 Å². The Balaban J connectivity index is 1.49. The fourth-order valence-electron chi connectivity index (χ4n) is 3.68. The molecule has 0 saturated carbocycles. The fourth-order valence-corrected chi connectivity index (χ4v) is 3.86. The summed E-state index contributed by atoms with van der Waals surface area (Å²) in [6.45, 7) is 11.0. The Morgan fingerprint density at radius 1 is 1.03 bits per heavy atom. The van der Waals surface area contributed by atoms with Crippen LogP contribution in [0.3, 0.4) is 0 Å². The topological polar surface area (TPSA) is 90.8 Å². The molecule has 0 atom stereocenters. The number of hydrazone groups is 1. The molecule has 3 aromatic rings. The summed E-state index contributed by atoms with van der Waals surface area (Å²) in [5.41, 5.74) is 6.91. The quantitative estimate of drug-likeness (QED) is 0.326. The Morgan fingerprint density at radius 3 is 2.43 bits per heavy atom. The highest BCUT2D eigenvalue weighted by Gasteiger charge is 2.12. The molecule has 0 radical (unpaired) electrons. The van der Waals surface area contributed by atoms with Gasteiger partial charge < -0.3 is 19.9 Å². The molecule has 2 heterocycles. The van der Waals surface area contributed by atoms with Gasteiger partial charge in [0, 0.05) is 42.6 Å². The average molecular weight is 495 g/mol. The standard InChI is InChI=1S/C25H31ClN8O/c1-4-33(5-2)25-30-23(28-20-9-6-18(3)22(26)16-20)29-24(31-25)32-27-17-19-7-10-21(11-8-19)34-12-14-35-15-13-34/h6-11,16-17H,4-5,12-15H2,1-3H3,(H2,28,29,30,31,32). The second-order valence-corrected chi connectivity index (χ2v) is 8.51. The van der Waals surface area contributed by atoms with Gasteiger partial charge in [-0.25, -0.2) is 5.43 Å². The maximum Gasteiger partial charge on any atom is 0.250 e. The van der Waals surface area contributed by atoms with Crippen LogP contribution in [0.2, 0.25) is 5.02 Å². The number of aromatic nitrogens is 3. The number of nitrogens with one attached hydrogen (secondary N) is 2. The molecule has 1 aliphatic rings. The van der Waals surface area contributed by atoms with E-state index in [1.54, 1.807) is 6.21 Å². The lowest BCUT2D eigenvalue weighted by molar-refractivity contribution is 0.122. The van der Waals surface area contributed by atoms with E-state index in [1.165, 1.54) is 5.69 Å². The summed E-state index contributed by atoms with van der Waals surface area (Å²) in [7, 11) is 0. The predicted octanol–water partition coefficient (Wildman–Crippen LogP) is 4.71. The maximum absolute atomic E-state index is 6.28. The van der Waals surface area contributed by atoms with Crippen molar-refractivity contribution in [1.82, 2.24) is 15.0 Å². The Morgan fingerprint density at radius 2 is 1.74 bits per heavy atom. The molecule has 2 aromatic carbocycles. The van der Waals surface area contributed by atoms with Crippen molar-refractivity contribution in [2.75, 3.05) is 59.9 Å². The first-order chi connectivity index (χ1) is 17.1. The van der Waals surface area contributed by atoms with Crippen LogP contribution in [-0.4, -0.2) is 60.6 Å². The van der Waals surface area contributed by atoms with Crippen molar-refractivity contribution in [3.63, 3.8) is 0 Å². The predicted molar refractivity (Wildman–Crippen MR) is 144 cm³/mol. The van der Waals surface area contributed by atoms with Crippen LogP contribution in [0.1, 0.15) is 25.0 Å². The molecule has 4 rings (SSSR count). The van der Waals surface area contributed by atoms with Crippen LogP contribution >= 0.6 is 11.6 Å². The van der Waals surface area contributed by atoms with E-state index in [0.29, 0.717) is 22.9 Å². The number of hydrogen-bond donors (Lipinski definition) is 2. The van der Waals surface area contributed by atoms with Crippen molar-refractivity contribution in [1.29, 1.82) is 0 Å². The lowest BCUT2D eigenvalue weighted by Crippen LogP contribution is -2.36. The van der Waals surface area contributed by atoms with Gasteiger partial charge >= 0.3 is 0 Å². The van der Waals surface area contributed by atoms with Crippen molar-refractivity contribution in [2.24, 2.45) is 5.10 Å². The van der Waals surface area contributed by atoms with Crippen molar-refractivity contribution >= 4 is 47.0 Å². The largest absolute Gasteiger partial charge is 0.378 e. The Hall–Kier alpha value is -3.43. The smallest absolute Gasteiger partial charge is 0.250 e. The SMILES string of the molecule is CCN(CC)c1nc(NN=Cc2ccc(N3CCOCC3)cc2)nc(Nc2ccc(C)c(Cl)c2)n1. The van der Waals surface area contributed by atoms with Crippen LogP contribution in [0, 0.1) is 6.92 Å². The highest BCUT2D eigenvalue weighted by molar-refractivity contribution is 6.31. The van der Waals surface area contributed by atoms with Gasteiger partial charge in [-0.2, -0.15) is 20.1 Å². The number of hydrogen-bond acceptors (Lipinski definition) is 9. The second kappa shape index (κ2) is 11.8. The van der Waals surface area contributed by atoms with Gasteiger partial charge in [0.05, 0.1) is 19.4 Å². The van der Waals surface area contributed by atoms with Crippen LogP contribution in [0.4, 0.5) is 29.2 Å². The molecule has 1 aliphatic heterocycles. The average Bonchev–Trinajstić information content (AvgIpc) is 2.88. The van der Waals surface area contributed by atoms with Crippen molar-refractivity contribution in [3.8, 4) is 0 Å². The molecule has 0 amide bonds. The number of aryl methyl sites for hydroxylation is 1. The van der Waals surface area contributed by atoms with Gasteiger partial charge in [-0.05, 0) is 56.2 Å². The van der Waals surface area contributed by atoms with E-state index in [9.17, 15) is 0 Å². The second-order valence-electron chi connectivity index (χ2n) is 8.10. The number of halogens is 1. The number of nitrogens with zero attached hydrogens (tertiary/aromatic N) is 6. The number of benzene rings is 2. The third kappa shape index (κ3) is 6.58. The summed E-state index contributed by atoms with van der Waals surface area (Å²) >= 11 is 6.28. The third-order valence-electron chi connectivity index (χ3n) is 5.75. The van der Waals surface area contributed by atoms with Crippen molar-refractivity contribution in [2.45, 2.75) is 20.8 Å². The van der Waals surface area contributed by atoms with Gasteiger partial charge in [-0.1, -0.05) is 29.8 Å². The van der Waals surface area contributed by atoms with E-state index in [0.717, 1.165) is 56.2 Å². The lowest BCUT2D eigenvalue weighted by atomic mass is 10.2. The van der Waals surface area contributed by atoms with Crippen LogP contribution < -0.4 is 20.5 Å². The first kappa shape index (κ1) is 24.7. The molecule has 9 nitrogen and oxygen atoms in total. The van der Waals surface area contributed by atoms with Crippen LogP contribution in [0.5, 0.6) is 0 Å². The fraction of sp³-hybridized carbons (Fsp3) is 0.360. The molecule has 0 aliphatic carbocycles. The normalized spacial score (nSPS) is 13.8. The number of ether oxygens (including phenoxy) is 1. The number of morpholine rings is 1. The zero-order valence-corrected chi connectivity index (χ0v) is 21.1. The minimum absolute atomic E-state index is 0.351. The Bertz CT molecular complexity index is 1140. The zero-order valence-electron chi connectivity index (χ0n) is 20.3. The van der Waals surface area contributed by atoms with E-state index in [2.05, 4.69) is 61.7 Å². The summed E-state index contributed by atoms with van der Waals surface area (Å²) in [6, 6.07) is 14.0. The van der Waals surface area contributed by atoms with E-state index < -0.39 is 0 Å².